The van der Waals surface area contributed by atoms with Crippen LogP contribution in [0.3, 0.4) is 0 Å². The van der Waals surface area contributed by atoms with Crippen molar-refractivity contribution >= 4 is 0 Å². The van der Waals surface area contributed by atoms with Gasteiger partial charge in [0.1, 0.15) is 0 Å². The van der Waals surface area contributed by atoms with Crippen LogP contribution in [-0.4, -0.2) is 0 Å². The lowest BCUT2D eigenvalue weighted by molar-refractivity contribution is 0.794. The van der Waals surface area contributed by atoms with E-state index in [1.165, 1.54) is 59.1 Å². The molecule has 0 spiro atoms. The lowest BCUT2D eigenvalue weighted by Crippen LogP contribution is -1.83. The average molecular weight is 531 g/mol. The van der Waals surface area contributed by atoms with Crippen molar-refractivity contribution in [1.82, 2.24) is 0 Å². The third-order valence-corrected chi connectivity index (χ3v) is 6.74. The van der Waals surface area contributed by atoms with Gasteiger partial charge in [-0.05, 0) is 125 Å². The largest absolute Gasteiger partial charge is 0.0879 e. The number of rotatable bonds is 20. The molecule has 39 heavy (non-hydrogen) atoms. The average Bonchev–Trinajstić information content (AvgIpc) is 2.85. The Morgan fingerprint density at radius 2 is 1.00 bits per heavy atom. The lowest BCUT2D eigenvalue weighted by atomic mass is 10.0. The van der Waals surface area contributed by atoms with E-state index in [4.69, 9.17) is 0 Å². The molecule has 0 unspecified atom stereocenters. The zero-order chi connectivity index (χ0) is 29.3. The molecule has 0 aliphatic rings. The normalized spacial score (nSPS) is 14.6. The number of hydrogen-bond acceptors (Lipinski definition) is 0. The van der Waals surface area contributed by atoms with Crippen molar-refractivity contribution in [2.45, 2.75) is 133 Å². The van der Waals surface area contributed by atoms with Crippen molar-refractivity contribution in [3.8, 4) is 0 Å². The summed E-state index contributed by atoms with van der Waals surface area (Å²) in [4.78, 5) is 0. The van der Waals surface area contributed by atoms with Crippen LogP contribution < -0.4 is 0 Å². The molecule has 0 saturated heterocycles. The Bertz CT molecular complexity index is 911. The van der Waals surface area contributed by atoms with Crippen LogP contribution in [0.4, 0.5) is 0 Å². The summed E-state index contributed by atoms with van der Waals surface area (Å²) in [6.45, 7) is 20.1. The number of hydrogen-bond donors (Lipinski definition) is 0. The highest BCUT2D eigenvalue weighted by Gasteiger charge is 1.95. The molecule has 0 atom stereocenters. The smallest absolute Gasteiger partial charge is 0.0164 e. The van der Waals surface area contributed by atoms with Crippen molar-refractivity contribution in [3.05, 3.63) is 106 Å². The first-order valence-corrected chi connectivity index (χ1v) is 15.5. The summed E-state index contributed by atoms with van der Waals surface area (Å²) in [7, 11) is 0. The maximum absolute atomic E-state index is 2.43. The van der Waals surface area contributed by atoms with E-state index < -0.39 is 0 Å². The molecule has 0 bridgehead atoms. The van der Waals surface area contributed by atoms with E-state index in [1.807, 2.05) is 0 Å². The zero-order valence-corrected chi connectivity index (χ0v) is 27.3. The molecule has 0 radical (unpaired) electrons. The van der Waals surface area contributed by atoms with Gasteiger partial charge in [-0.3, -0.25) is 0 Å². The third kappa shape index (κ3) is 27.0. The van der Waals surface area contributed by atoms with Gasteiger partial charge >= 0.3 is 0 Å². The molecule has 218 valence electrons. The standard InChI is InChI=1S/C39H62/c1-33(2)21-13-11-10-12-14-23-35(5)27-18-28-36(6)24-15-16-25-37(7)29-19-31-39(9)32-20-30-38(8)26-17-22-34(3)4/h10,12-13,15-16,21-22,24-27,31,33H,11,14,17-20,23,28-30,32H2,1-9H3/b12-10+,16-15+,21-13+,35-27+,36-24+,37-25+,38-26+,39-31+. The van der Waals surface area contributed by atoms with Crippen LogP contribution in [0.25, 0.3) is 0 Å². The molecule has 0 heterocycles. The molecule has 0 amide bonds. The molecule has 0 nitrogen and oxygen atoms in total. The molecule has 0 aliphatic carbocycles. The zero-order valence-electron chi connectivity index (χ0n) is 27.3. The van der Waals surface area contributed by atoms with Gasteiger partial charge in [0.25, 0.3) is 0 Å². The summed E-state index contributed by atoms with van der Waals surface area (Å²) in [6.07, 6.45) is 40.3. The minimum Gasteiger partial charge on any atom is -0.0879 e. The van der Waals surface area contributed by atoms with Gasteiger partial charge in [-0.25, -0.2) is 0 Å². The molecular formula is C39H62. The molecule has 0 heteroatoms. The molecule has 0 saturated carbocycles. The van der Waals surface area contributed by atoms with E-state index in [0.29, 0.717) is 5.92 Å². The first kappa shape index (κ1) is 36.7. The van der Waals surface area contributed by atoms with Crippen molar-refractivity contribution in [2.75, 3.05) is 0 Å². The molecule has 0 rings (SSSR count). The van der Waals surface area contributed by atoms with Crippen LogP contribution in [0.2, 0.25) is 0 Å². The lowest BCUT2D eigenvalue weighted by Gasteiger charge is -2.03. The van der Waals surface area contributed by atoms with Gasteiger partial charge in [0.2, 0.25) is 0 Å². The molecule has 0 fully saturated rings. The fourth-order valence-electron chi connectivity index (χ4n) is 4.10. The Labute approximate surface area is 244 Å². The van der Waals surface area contributed by atoms with Gasteiger partial charge in [0, 0.05) is 0 Å². The van der Waals surface area contributed by atoms with Gasteiger partial charge in [-0.1, -0.05) is 120 Å². The molecule has 0 aromatic heterocycles. The number of allylic oxidation sites excluding steroid dienone is 18. The monoisotopic (exact) mass is 530 g/mol. The van der Waals surface area contributed by atoms with Gasteiger partial charge in [0.05, 0.1) is 0 Å². The Morgan fingerprint density at radius 1 is 0.487 bits per heavy atom. The minimum absolute atomic E-state index is 0.648. The van der Waals surface area contributed by atoms with Gasteiger partial charge in [0.15, 0.2) is 0 Å². The van der Waals surface area contributed by atoms with Gasteiger partial charge in [-0.2, -0.15) is 0 Å². The van der Waals surface area contributed by atoms with Crippen molar-refractivity contribution in [2.24, 2.45) is 5.92 Å². The van der Waals surface area contributed by atoms with E-state index in [9.17, 15) is 0 Å². The summed E-state index contributed by atoms with van der Waals surface area (Å²) in [5.41, 5.74) is 8.85. The molecular weight excluding hydrogens is 468 g/mol. The molecule has 0 aromatic rings. The quantitative estimate of drug-likeness (QED) is 0.108. The van der Waals surface area contributed by atoms with E-state index in [-0.39, 0.29) is 0 Å². The molecule has 0 aromatic carbocycles. The second-order valence-corrected chi connectivity index (χ2v) is 11.9. The maximum atomic E-state index is 2.43. The third-order valence-electron chi connectivity index (χ3n) is 6.74. The Balaban J connectivity index is 4.19. The van der Waals surface area contributed by atoms with Crippen molar-refractivity contribution in [1.29, 1.82) is 0 Å². The summed E-state index contributed by atoms with van der Waals surface area (Å²) in [5, 5.41) is 0. The fraction of sp³-hybridized carbons (Fsp3) is 0.538. The second kappa shape index (κ2) is 24.7. The van der Waals surface area contributed by atoms with E-state index in [2.05, 4.69) is 135 Å². The van der Waals surface area contributed by atoms with Crippen LogP contribution in [0, 0.1) is 5.92 Å². The van der Waals surface area contributed by atoms with Crippen molar-refractivity contribution < 1.29 is 0 Å². The topological polar surface area (TPSA) is 0 Å². The SMILES string of the molecule is CC(C)=CC/C=C(\C)CCC/C(C)=C/CC/C(C)=C/C=C/C=C(\C)CC/C=C(\C)CC/C=C/C/C=C/C(C)C. The predicted molar refractivity (Wildman–Crippen MR) is 181 cm³/mol. The van der Waals surface area contributed by atoms with E-state index >= 15 is 0 Å². The first-order chi connectivity index (χ1) is 18.6. The first-order valence-electron chi connectivity index (χ1n) is 15.5. The maximum Gasteiger partial charge on any atom is -0.0164 e. The van der Waals surface area contributed by atoms with Crippen LogP contribution in [0.1, 0.15) is 133 Å². The van der Waals surface area contributed by atoms with Crippen LogP contribution in [0.15, 0.2) is 106 Å². The van der Waals surface area contributed by atoms with Crippen LogP contribution in [0.5, 0.6) is 0 Å². The summed E-state index contributed by atoms with van der Waals surface area (Å²) in [5.74, 6) is 0.648. The summed E-state index contributed by atoms with van der Waals surface area (Å²) < 4.78 is 0. The molecule has 0 aliphatic heterocycles. The van der Waals surface area contributed by atoms with E-state index in [1.54, 1.807) is 0 Å². The van der Waals surface area contributed by atoms with E-state index in [0.717, 1.165) is 44.9 Å². The van der Waals surface area contributed by atoms with Gasteiger partial charge in [-0.15, -0.1) is 0 Å². The van der Waals surface area contributed by atoms with Crippen LogP contribution >= 0.6 is 0 Å². The van der Waals surface area contributed by atoms with Gasteiger partial charge < -0.3 is 0 Å². The highest BCUT2D eigenvalue weighted by Crippen LogP contribution is 2.15. The highest BCUT2D eigenvalue weighted by molar-refractivity contribution is 5.19. The Hall–Kier alpha value is -2.34. The van der Waals surface area contributed by atoms with Crippen LogP contribution in [-0.2, 0) is 0 Å². The Morgan fingerprint density at radius 3 is 1.54 bits per heavy atom. The van der Waals surface area contributed by atoms with Crippen molar-refractivity contribution in [3.63, 3.8) is 0 Å². The minimum atomic E-state index is 0.648. The predicted octanol–water partition coefficient (Wildman–Crippen LogP) is 13.3. The second-order valence-electron chi connectivity index (χ2n) is 11.9. The summed E-state index contributed by atoms with van der Waals surface area (Å²) >= 11 is 0. The molecule has 0 N–H and O–H groups in total. The summed E-state index contributed by atoms with van der Waals surface area (Å²) in [6, 6.07) is 0. The highest BCUT2D eigenvalue weighted by atomic mass is 14.0. The fourth-order valence-corrected chi connectivity index (χ4v) is 4.10. The Kier molecular flexibility index (Phi) is 23.2.